The summed E-state index contributed by atoms with van der Waals surface area (Å²) in [6.45, 7) is 13.6. The molecule has 72 heavy (non-hydrogen) atoms. The van der Waals surface area contributed by atoms with Gasteiger partial charge in [0.15, 0.2) is 16.2 Å². The molecule has 6 spiro atoms. The van der Waals surface area contributed by atoms with E-state index >= 15 is 28.8 Å². The van der Waals surface area contributed by atoms with Gasteiger partial charge in [0.2, 0.25) is 0 Å². The number of esters is 6. The summed E-state index contributed by atoms with van der Waals surface area (Å²) in [5.41, 5.74) is 2.13. The van der Waals surface area contributed by atoms with Crippen LogP contribution in [0.1, 0.15) is 190 Å². The number of benzene rings is 1. The molecule has 384 valence electrons. The van der Waals surface area contributed by atoms with Gasteiger partial charge in [0.25, 0.3) is 0 Å². The molecule has 0 amide bonds. The van der Waals surface area contributed by atoms with Crippen LogP contribution in [0.4, 0.5) is 0 Å². The fraction of sp³-hybridized carbons (Fsp3) is 0.700. The highest BCUT2D eigenvalue weighted by Gasteiger charge is 3.00. The second-order valence-electron chi connectivity index (χ2n) is 24.2. The second kappa shape index (κ2) is 15.9. The van der Waals surface area contributed by atoms with Crippen LogP contribution in [0.25, 0.3) is 16.7 Å². The van der Waals surface area contributed by atoms with Gasteiger partial charge >= 0.3 is 35.8 Å². The average Bonchev–Trinajstić information content (AvgIpc) is 4.27. The van der Waals surface area contributed by atoms with E-state index in [9.17, 15) is 0 Å². The molecule has 0 N–H and O–H groups in total. The molecule has 3 saturated carbocycles. The van der Waals surface area contributed by atoms with Gasteiger partial charge < -0.3 is 28.4 Å². The van der Waals surface area contributed by atoms with Crippen molar-refractivity contribution in [3.63, 3.8) is 0 Å². The molecule has 9 bridgehead atoms. The highest BCUT2D eigenvalue weighted by atomic mass is 16.6. The Morgan fingerprint density at radius 3 is 0.681 bits per heavy atom. The van der Waals surface area contributed by atoms with Gasteiger partial charge in [-0.2, -0.15) is 0 Å². The quantitative estimate of drug-likeness (QED) is 0.138. The van der Waals surface area contributed by atoms with Crippen LogP contribution >= 0.6 is 0 Å². The van der Waals surface area contributed by atoms with E-state index in [2.05, 4.69) is 41.5 Å². The summed E-state index contributed by atoms with van der Waals surface area (Å²) >= 11 is 0. The highest BCUT2D eigenvalue weighted by Crippen LogP contribution is 2.95. The standard InChI is InChI=1S/C60H72O12/c1-31-37-34(4)56-44-40(37)43-41-38-32(2)48-57-36(6)39(42(44)45(41)57)33(3)47(56)59(56)50(62)68-26-20-14-9-12-18-24-30-72-54(66)60(48,57)51(63)69-27-21-15-8-10-16-22-28-70-52(64)58(46(31)55(43,58)35(38)5)49(61)67-25-19-13-7-11-17-23-29-71-53(59)65/h34-36,46-48H,7-30H2,1-6H3/t34-,35?,36?,46+,47+,48?,55?,56?,57?,58?,59?,60?/m0/s1. The summed E-state index contributed by atoms with van der Waals surface area (Å²) in [5.74, 6) is -6.75. The molecule has 12 nitrogen and oxygen atoms in total. The molecular weight excluding hydrogens is 913 g/mol. The van der Waals surface area contributed by atoms with Crippen LogP contribution in [-0.2, 0) is 73.4 Å². The lowest BCUT2D eigenvalue weighted by Crippen LogP contribution is -2.40. The highest BCUT2D eigenvalue weighted by molar-refractivity contribution is 6.21. The molecule has 1 aromatic rings. The molecule has 12 atom stereocenters. The van der Waals surface area contributed by atoms with Gasteiger partial charge in [-0.1, -0.05) is 115 Å². The predicted molar refractivity (Wildman–Crippen MR) is 263 cm³/mol. The Kier molecular flexibility index (Phi) is 10.4. The summed E-state index contributed by atoms with van der Waals surface area (Å²) in [5, 5.41) is 0. The molecule has 3 fully saturated rings. The molecule has 9 aliphatic carbocycles. The zero-order valence-corrected chi connectivity index (χ0v) is 43.3. The normalized spacial score (nSPS) is 42.2. The van der Waals surface area contributed by atoms with Crippen LogP contribution in [0.2, 0.25) is 0 Å². The van der Waals surface area contributed by atoms with Gasteiger partial charge in [0.05, 0.1) is 39.6 Å². The first-order valence-electron chi connectivity index (χ1n) is 28.2. The largest absolute Gasteiger partial charge is 0.465 e. The maximum Gasteiger partial charge on any atom is 0.325 e. The van der Waals surface area contributed by atoms with Crippen LogP contribution in [0.15, 0.2) is 16.7 Å². The molecule has 3 heterocycles. The molecule has 0 radical (unpaired) electrons. The fourth-order valence-electron chi connectivity index (χ4n) is 19.5. The third-order valence-corrected chi connectivity index (χ3v) is 21.8. The number of ether oxygens (including phenoxy) is 6. The molecule has 0 aromatic heterocycles. The van der Waals surface area contributed by atoms with Gasteiger partial charge in [-0.05, 0) is 127 Å². The molecular formula is C60H72O12. The van der Waals surface area contributed by atoms with Gasteiger partial charge in [0, 0.05) is 34.0 Å². The maximum atomic E-state index is 15.8. The van der Waals surface area contributed by atoms with E-state index in [1.165, 1.54) is 0 Å². The van der Waals surface area contributed by atoms with Crippen molar-refractivity contribution in [3.05, 3.63) is 50.1 Å². The molecule has 0 saturated heterocycles. The van der Waals surface area contributed by atoms with Crippen LogP contribution < -0.4 is 0 Å². The molecule has 9 unspecified atom stereocenters. The van der Waals surface area contributed by atoms with E-state index in [4.69, 9.17) is 28.4 Å². The number of allylic oxidation sites excluding steroid dienone is 6. The predicted octanol–water partition coefficient (Wildman–Crippen LogP) is 9.88. The van der Waals surface area contributed by atoms with Crippen LogP contribution in [0, 0.1) is 51.8 Å². The van der Waals surface area contributed by atoms with Gasteiger partial charge in [-0.15, -0.1) is 0 Å². The SMILES string of the molecule is CC1=C2c3c4c5c6c7c3C3(C2C)[C@H]2C(C)=C7[C@H](C)C67[C@H]6C(C)=C5C(C)C45C1C51C(=O)OCCCCCCCCOC(=O)C23C(=O)OCCCCCCCCOC(=O)C67C(=O)OCCCCCCCCOC1=O. The number of carbonyl (C=O) groups is 6. The van der Waals surface area contributed by atoms with E-state index in [-0.39, 0.29) is 39.6 Å². The van der Waals surface area contributed by atoms with Crippen LogP contribution in [-0.4, -0.2) is 75.5 Å². The van der Waals surface area contributed by atoms with Crippen LogP contribution in [0.5, 0.6) is 0 Å². The van der Waals surface area contributed by atoms with Gasteiger partial charge in [0.1, 0.15) is 0 Å². The summed E-state index contributed by atoms with van der Waals surface area (Å²) in [7, 11) is 0. The Morgan fingerprint density at radius 1 is 0.306 bits per heavy atom. The zero-order valence-electron chi connectivity index (χ0n) is 43.3. The summed E-state index contributed by atoms with van der Waals surface area (Å²) in [6.07, 6.45) is 14.2. The van der Waals surface area contributed by atoms with E-state index < -0.39 is 104 Å². The minimum absolute atomic E-state index is 0.170. The molecule has 3 aliphatic heterocycles. The average molecular weight is 985 g/mol. The van der Waals surface area contributed by atoms with Crippen molar-refractivity contribution in [2.75, 3.05) is 39.6 Å². The van der Waals surface area contributed by atoms with Crippen molar-refractivity contribution >= 4 is 52.5 Å². The van der Waals surface area contributed by atoms with Gasteiger partial charge in [-0.3, -0.25) is 28.8 Å². The Morgan fingerprint density at radius 2 is 0.486 bits per heavy atom. The third-order valence-electron chi connectivity index (χ3n) is 21.8. The Balaban J connectivity index is 1.16. The number of carbonyl (C=O) groups excluding carboxylic acids is 6. The summed E-state index contributed by atoms with van der Waals surface area (Å²) in [4.78, 5) is 94.6. The monoisotopic (exact) mass is 985 g/mol. The van der Waals surface area contributed by atoms with E-state index in [1.807, 2.05) is 0 Å². The first-order chi connectivity index (χ1) is 34.8. The Hall–Kier alpha value is -4.74. The van der Waals surface area contributed by atoms with Crippen molar-refractivity contribution in [1.29, 1.82) is 0 Å². The molecule has 12 aliphatic rings. The zero-order chi connectivity index (χ0) is 50.1. The fourth-order valence-corrected chi connectivity index (χ4v) is 19.5. The number of cyclic esters (lactones) is 6. The van der Waals surface area contributed by atoms with E-state index in [0.717, 1.165) is 144 Å². The number of hydrogen-bond acceptors (Lipinski definition) is 12. The lowest BCUT2D eigenvalue weighted by atomic mass is 9.71. The van der Waals surface area contributed by atoms with Crippen molar-refractivity contribution in [2.45, 2.75) is 173 Å². The topological polar surface area (TPSA) is 158 Å². The van der Waals surface area contributed by atoms with Crippen molar-refractivity contribution in [1.82, 2.24) is 0 Å². The Labute approximate surface area is 423 Å². The van der Waals surface area contributed by atoms with Gasteiger partial charge in [-0.25, -0.2) is 0 Å². The first-order valence-corrected chi connectivity index (χ1v) is 28.2. The minimum Gasteiger partial charge on any atom is -0.465 e. The summed E-state index contributed by atoms with van der Waals surface area (Å²) in [6, 6.07) is 0. The van der Waals surface area contributed by atoms with E-state index in [1.54, 1.807) is 0 Å². The van der Waals surface area contributed by atoms with Crippen LogP contribution in [0.3, 0.4) is 0 Å². The Bertz CT molecular complexity index is 2420. The maximum absolute atomic E-state index is 15.8. The second-order valence-corrected chi connectivity index (χ2v) is 24.2. The molecule has 12 heteroatoms. The minimum atomic E-state index is -1.74. The van der Waals surface area contributed by atoms with Crippen molar-refractivity contribution in [3.8, 4) is 0 Å². The molecule has 1 aromatic carbocycles. The number of hydrogen-bond donors (Lipinski definition) is 0. The first kappa shape index (κ1) is 47.0. The smallest absolute Gasteiger partial charge is 0.325 e. The van der Waals surface area contributed by atoms with Crippen molar-refractivity contribution < 1.29 is 57.2 Å². The van der Waals surface area contributed by atoms with Crippen molar-refractivity contribution in [2.24, 2.45) is 51.8 Å². The third kappa shape index (κ3) is 4.87. The molecule has 13 rings (SSSR count). The number of rotatable bonds is 0. The lowest BCUT2D eigenvalue weighted by molar-refractivity contribution is -0.168. The lowest BCUT2D eigenvalue weighted by Gasteiger charge is -2.31. The van der Waals surface area contributed by atoms with E-state index in [0.29, 0.717) is 38.5 Å². The summed E-state index contributed by atoms with van der Waals surface area (Å²) < 4.78 is 38.7.